The lowest BCUT2D eigenvalue weighted by Gasteiger charge is -2.20. The van der Waals surface area contributed by atoms with Crippen LogP contribution in [0.5, 0.6) is 0 Å². The topological polar surface area (TPSA) is 55.8 Å². The van der Waals surface area contributed by atoms with Crippen LogP contribution in [0.3, 0.4) is 0 Å². The number of halogens is 3. The third kappa shape index (κ3) is 5.06. The molecule has 1 atom stereocenters. The van der Waals surface area contributed by atoms with Crippen LogP contribution in [0.15, 0.2) is 22.9 Å². The fourth-order valence-electron chi connectivity index (χ4n) is 1.83. The molecular formula is C13H14Cl3NO4PS4+. The van der Waals surface area contributed by atoms with E-state index in [1.807, 2.05) is 13.8 Å². The summed E-state index contributed by atoms with van der Waals surface area (Å²) >= 11 is 25.1. The van der Waals surface area contributed by atoms with E-state index < -0.39 is 21.8 Å². The van der Waals surface area contributed by atoms with Gasteiger partial charge in [0.2, 0.25) is 28.0 Å². The zero-order valence-electron chi connectivity index (χ0n) is 13.5. The van der Waals surface area contributed by atoms with Gasteiger partial charge in [0.1, 0.15) is 0 Å². The molecule has 13 heteroatoms. The van der Waals surface area contributed by atoms with Gasteiger partial charge in [0.25, 0.3) is 10.8 Å². The Bertz CT molecular complexity index is 736. The van der Waals surface area contributed by atoms with Crippen LogP contribution in [0.4, 0.5) is 5.69 Å². The summed E-state index contributed by atoms with van der Waals surface area (Å²) in [5.74, 6) is -0.517. The smallest absolute Gasteiger partial charge is 0.281 e. The normalized spacial score (nSPS) is 17.8. The summed E-state index contributed by atoms with van der Waals surface area (Å²) in [7, 11) is -1.88. The maximum Gasteiger partial charge on any atom is 0.292 e. The second-order valence-corrected chi connectivity index (χ2v) is 18.0. The molecule has 1 aliphatic heterocycles. The van der Waals surface area contributed by atoms with Gasteiger partial charge in [-0.2, -0.15) is 0 Å². The van der Waals surface area contributed by atoms with Crippen molar-refractivity contribution in [1.29, 1.82) is 0 Å². The predicted molar refractivity (Wildman–Crippen MR) is 120 cm³/mol. The third-order valence-corrected chi connectivity index (χ3v) is 14.9. The monoisotopic (exact) mass is 512 g/mol. The quantitative estimate of drug-likeness (QED) is 0.241. The van der Waals surface area contributed by atoms with Crippen molar-refractivity contribution in [2.45, 2.75) is 13.8 Å². The number of anilines is 1. The molecule has 0 aliphatic carbocycles. The number of nitrogens with zero attached hydrogens (tertiary/aromatic N) is 1. The zero-order valence-corrected chi connectivity index (χ0v) is 20.0. The van der Waals surface area contributed by atoms with Crippen LogP contribution in [0, 0.1) is 0 Å². The average molecular weight is 514 g/mol. The summed E-state index contributed by atoms with van der Waals surface area (Å²) in [4.78, 5) is 10.00. The molecule has 5 nitrogen and oxygen atoms in total. The first kappa shape index (κ1) is 23.1. The third-order valence-electron chi connectivity index (χ3n) is 2.80. The van der Waals surface area contributed by atoms with E-state index in [1.54, 1.807) is 0 Å². The molecule has 1 aromatic carbocycles. The molecule has 0 saturated heterocycles. The Balaban J connectivity index is 2.41. The van der Waals surface area contributed by atoms with Gasteiger partial charge in [-0.1, -0.05) is 34.8 Å². The maximum absolute atomic E-state index is 13.1. The van der Waals surface area contributed by atoms with Crippen LogP contribution >= 0.6 is 75.2 Å². The lowest BCUT2D eigenvalue weighted by molar-refractivity contribution is -0.112. The highest BCUT2D eigenvalue weighted by atomic mass is 35.5. The molecule has 1 aliphatic rings. The Labute approximate surface area is 183 Å². The Morgan fingerprint density at radius 2 is 1.65 bits per heavy atom. The number of hydrogen-bond donors (Lipinski definition) is 1. The van der Waals surface area contributed by atoms with E-state index in [9.17, 15) is 9.00 Å². The molecule has 0 N–H and O–H groups in total. The van der Waals surface area contributed by atoms with Crippen LogP contribution in [0.2, 0.25) is 15.1 Å². The number of amides is 1. The van der Waals surface area contributed by atoms with Crippen LogP contribution in [-0.4, -0.2) is 23.3 Å². The molecule has 1 aromatic rings. The highest BCUT2D eigenvalue weighted by Gasteiger charge is 2.55. The Kier molecular flexibility index (Phi) is 8.94. The first-order valence-electron chi connectivity index (χ1n) is 7.12. The van der Waals surface area contributed by atoms with E-state index in [1.165, 1.54) is 18.2 Å². The van der Waals surface area contributed by atoms with Crippen molar-refractivity contribution in [3.63, 3.8) is 0 Å². The summed E-state index contributed by atoms with van der Waals surface area (Å²) < 4.78 is 25.3. The zero-order chi connectivity index (χ0) is 19.5. The molecule has 0 fully saturated rings. The Morgan fingerprint density at radius 1 is 1.15 bits per heavy atom. The molecule has 1 heterocycles. The van der Waals surface area contributed by atoms with Gasteiger partial charge in [0.05, 0.1) is 35.0 Å². The van der Waals surface area contributed by atoms with Crippen molar-refractivity contribution < 1.29 is 17.4 Å². The van der Waals surface area contributed by atoms with Gasteiger partial charge in [-0.3, -0.25) is 13.2 Å². The number of rotatable bonds is 8. The second kappa shape index (κ2) is 10.1. The molecule has 1 unspecified atom stereocenters. The van der Waals surface area contributed by atoms with Crippen molar-refractivity contribution in [2.75, 3.05) is 17.5 Å². The molecule has 0 radical (unpaired) electrons. The van der Waals surface area contributed by atoms with Crippen LogP contribution in [0.1, 0.15) is 13.8 Å². The van der Waals surface area contributed by atoms with E-state index in [0.717, 1.165) is 27.6 Å². The van der Waals surface area contributed by atoms with Crippen LogP contribution < -0.4 is 4.31 Å². The number of thiol groups is 1. The average Bonchev–Trinajstić information content (AvgIpc) is 2.86. The standard InChI is InChI=1S/C13H14Cl3NO4PS4/c1-3-20-24-22(23,25-21-4-2)12-7-11(18)17(26(12)19)13-9(15)5-8(14)6-10(13)16/h5-7,23H,3-4H2,1-2H3/q+1. The first-order chi connectivity index (χ1) is 12.2. The first-order valence-corrected chi connectivity index (χ1v) is 15.0. The Morgan fingerprint density at radius 3 is 2.12 bits per heavy atom. The predicted octanol–water partition coefficient (Wildman–Crippen LogP) is 6.56. The molecule has 26 heavy (non-hydrogen) atoms. The van der Waals surface area contributed by atoms with E-state index in [-0.39, 0.29) is 15.7 Å². The van der Waals surface area contributed by atoms with Crippen molar-refractivity contribution in [3.05, 3.63) is 37.9 Å². The maximum atomic E-state index is 13.1. The van der Waals surface area contributed by atoms with E-state index in [0.29, 0.717) is 22.9 Å². The van der Waals surface area contributed by atoms with Crippen molar-refractivity contribution >= 4 is 97.8 Å². The molecule has 0 aromatic heterocycles. The number of carbonyl (C=O) groups excluding carboxylic acids is 1. The number of hydrogen-bond acceptors (Lipinski definition) is 7. The summed E-state index contributed by atoms with van der Waals surface area (Å²) in [6.07, 6.45) is 1.27. The van der Waals surface area contributed by atoms with E-state index in [2.05, 4.69) is 12.2 Å². The van der Waals surface area contributed by atoms with Gasteiger partial charge in [0, 0.05) is 17.3 Å². The molecule has 1 amide bonds. The van der Waals surface area contributed by atoms with Gasteiger partial charge < -0.3 is 0 Å². The largest absolute Gasteiger partial charge is 0.292 e. The van der Waals surface area contributed by atoms with Gasteiger partial charge in [0.15, 0.2) is 11.0 Å². The van der Waals surface area contributed by atoms with Crippen molar-refractivity contribution in [3.8, 4) is 0 Å². The Hall–Kier alpha value is 0.850. The van der Waals surface area contributed by atoms with Gasteiger partial charge >= 0.3 is 0 Å². The minimum absolute atomic E-state index is 0.122. The van der Waals surface area contributed by atoms with Gasteiger partial charge in [-0.25, -0.2) is 8.51 Å². The molecule has 0 bridgehead atoms. The number of carbonyl (C=O) groups is 1. The fraction of sp³-hybridized carbons (Fsp3) is 0.308. The minimum Gasteiger partial charge on any atom is -0.281 e. The molecule has 0 saturated carbocycles. The SMILES string of the molecule is CCOS[P+](S)(SOCC)C1=CC(=O)N(c2c(Cl)cc(Cl)cc2Cl)S1=O. The molecule has 0 spiro atoms. The van der Waals surface area contributed by atoms with Crippen molar-refractivity contribution in [1.82, 2.24) is 0 Å². The van der Waals surface area contributed by atoms with Crippen LogP contribution in [0.25, 0.3) is 0 Å². The highest BCUT2D eigenvalue weighted by molar-refractivity contribution is 9.16. The lowest BCUT2D eigenvalue weighted by Crippen LogP contribution is -2.26. The summed E-state index contributed by atoms with van der Waals surface area (Å²) in [5, 5.41) is 0.554. The molecule has 144 valence electrons. The number of benzene rings is 1. The summed E-state index contributed by atoms with van der Waals surface area (Å²) in [6.45, 7) is 4.49. The summed E-state index contributed by atoms with van der Waals surface area (Å²) in [6, 6.07) is 2.86. The summed E-state index contributed by atoms with van der Waals surface area (Å²) in [5.41, 5.74) is 0.134. The highest BCUT2D eigenvalue weighted by Crippen LogP contribution is 2.89. The second-order valence-electron chi connectivity index (χ2n) is 4.56. The fourth-order valence-corrected chi connectivity index (χ4v) is 12.5. The lowest BCUT2D eigenvalue weighted by atomic mass is 10.3. The minimum atomic E-state index is -2.57. The van der Waals surface area contributed by atoms with Gasteiger partial charge in [-0.15, -0.1) is 0 Å². The van der Waals surface area contributed by atoms with Crippen molar-refractivity contribution in [2.24, 2.45) is 0 Å². The molecule has 2 rings (SSSR count). The molecular weight excluding hydrogens is 500 g/mol. The van der Waals surface area contributed by atoms with E-state index >= 15 is 0 Å². The van der Waals surface area contributed by atoms with Crippen LogP contribution in [-0.2, 0) is 24.1 Å². The van der Waals surface area contributed by atoms with E-state index in [4.69, 9.17) is 43.2 Å². The van der Waals surface area contributed by atoms with Gasteiger partial charge in [-0.05, 0) is 26.0 Å².